The van der Waals surface area contributed by atoms with Crippen LogP contribution in [0.1, 0.15) is 31.4 Å². The van der Waals surface area contributed by atoms with Gasteiger partial charge in [0.05, 0.1) is 0 Å². The second-order valence-electron chi connectivity index (χ2n) is 3.03. The fourth-order valence-corrected chi connectivity index (χ4v) is 1.26. The second-order valence-corrected chi connectivity index (χ2v) is 3.03. The molecule has 2 N–H and O–H groups in total. The Kier molecular flexibility index (Phi) is 7.03. The predicted octanol–water partition coefficient (Wildman–Crippen LogP) is 3.05. The molecule has 2 heteroatoms. The highest BCUT2D eigenvalue weighted by Crippen LogP contribution is 2.09. The number of aryl methyl sites for hydroxylation is 2. The van der Waals surface area contributed by atoms with Gasteiger partial charge >= 0.3 is 0 Å². The summed E-state index contributed by atoms with van der Waals surface area (Å²) in [5, 5.41) is 0. The number of hydrogen-bond donors (Lipinski definition) is 1. The zero-order valence-electron chi connectivity index (χ0n) is 9.31. The van der Waals surface area contributed by atoms with Gasteiger partial charge in [-0.1, -0.05) is 19.9 Å². The maximum atomic E-state index is 12.8. The second kappa shape index (κ2) is 7.51. The Balaban J connectivity index is 0.000000791. The van der Waals surface area contributed by atoms with Crippen LogP contribution in [0.3, 0.4) is 0 Å². The standard InChI is InChI=1S/C10H14FN.C2H6/c1-8-5-9(3-2-4-12)7-10(11)6-8;1-2/h5-7H,2-4,12H2,1H3;1-2H3. The van der Waals surface area contributed by atoms with E-state index in [0.29, 0.717) is 6.54 Å². The first-order valence-electron chi connectivity index (χ1n) is 5.18. The van der Waals surface area contributed by atoms with E-state index in [1.807, 2.05) is 26.8 Å². The molecular formula is C12H20FN. The van der Waals surface area contributed by atoms with Gasteiger partial charge in [-0.2, -0.15) is 0 Å². The normalized spacial score (nSPS) is 9.21. The smallest absolute Gasteiger partial charge is 0.123 e. The van der Waals surface area contributed by atoms with Crippen LogP contribution >= 0.6 is 0 Å². The average molecular weight is 197 g/mol. The fraction of sp³-hybridized carbons (Fsp3) is 0.500. The molecule has 0 aromatic heterocycles. The van der Waals surface area contributed by atoms with Crippen molar-refractivity contribution in [2.45, 2.75) is 33.6 Å². The van der Waals surface area contributed by atoms with Crippen molar-refractivity contribution >= 4 is 0 Å². The summed E-state index contributed by atoms with van der Waals surface area (Å²) in [6.45, 7) is 6.56. The van der Waals surface area contributed by atoms with Crippen molar-refractivity contribution in [2.24, 2.45) is 5.73 Å². The van der Waals surface area contributed by atoms with Crippen molar-refractivity contribution in [3.05, 3.63) is 35.1 Å². The maximum absolute atomic E-state index is 12.8. The molecule has 0 atom stereocenters. The maximum Gasteiger partial charge on any atom is 0.123 e. The third-order valence-corrected chi connectivity index (χ3v) is 1.77. The van der Waals surface area contributed by atoms with E-state index in [-0.39, 0.29) is 5.82 Å². The minimum absolute atomic E-state index is 0.151. The molecule has 14 heavy (non-hydrogen) atoms. The van der Waals surface area contributed by atoms with Crippen LogP contribution in [0.15, 0.2) is 18.2 Å². The van der Waals surface area contributed by atoms with E-state index in [2.05, 4.69) is 0 Å². The van der Waals surface area contributed by atoms with Crippen molar-refractivity contribution in [2.75, 3.05) is 6.54 Å². The number of benzene rings is 1. The lowest BCUT2D eigenvalue weighted by molar-refractivity contribution is 0.623. The summed E-state index contributed by atoms with van der Waals surface area (Å²) in [6.07, 6.45) is 1.79. The van der Waals surface area contributed by atoms with Crippen molar-refractivity contribution in [3.8, 4) is 0 Å². The van der Waals surface area contributed by atoms with Gasteiger partial charge in [0.15, 0.2) is 0 Å². The molecule has 1 aromatic rings. The third kappa shape index (κ3) is 4.97. The highest BCUT2D eigenvalue weighted by Gasteiger charge is 1.96. The van der Waals surface area contributed by atoms with Crippen LogP contribution in [0, 0.1) is 12.7 Å². The zero-order chi connectivity index (χ0) is 11.0. The van der Waals surface area contributed by atoms with Crippen LogP contribution in [0.25, 0.3) is 0 Å². The van der Waals surface area contributed by atoms with Gasteiger partial charge in [-0.25, -0.2) is 4.39 Å². The quantitative estimate of drug-likeness (QED) is 0.791. The predicted molar refractivity (Wildman–Crippen MR) is 59.9 cm³/mol. The Hall–Kier alpha value is -0.890. The SMILES string of the molecule is CC.Cc1cc(F)cc(CCCN)c1. The van der Waals surface area contributed by atoms with Gasteiger partial charge in [0.1, 0.15) is 5.82 Å². The van der Waals surface area contributed by atoms with Gasteiger partial charge in [-0.15, -0.1) is 0 Å². The molecule has 0 saturated heterocycles. The van der Waals surface area contributed by atoms with Crippen molar-refractivity contribution in [3.63, 3.8) is 0 Å². The average Bonchev–Trinajstić information content (AvgIpc) is 2.16. The molecule has 0 saturated carbocycles. The Bertz CT molecular complexity index is 238. The Labute approximate surface area is 86.1 Å². The molecule has 0 amide bonds. The van der Waals surface area contributed by atoms with Gasteiger partial charge in [-0.05, 0) is 49.6 Å². The minimum Gasteiger partial charge on any atom is -0.330 e. The first-order chi connectivity index (χ1) is 6.72. The van der Waals surface area contributed by atoms with Gasteiger partial charge in [0, 0.05) is 0 Å². The van der Waals surface area contributed by atoms with Gasteiger partial charge in [0.25, 0.3) is 0 Å². The minimum atomic E-state index is -0.151. The van der Waals surface area contributed by atoms with Crippen LogP contribution in [0.4, 0.5) is 4.39 Å². The van der Waals surface area contributed by atoms with E-state index in [1.54, 1.807) is 6.07 Å². The Morgan fingerprint density at radius 2 is 1.86 bits per heavy atom. The molecule has 0 unspecified atom stereocenters. The molecule has 0 bridgehead atoms. The number of hydrogen-bond acceptors (Lipinski definition) is 1. The van der Waals surface area contributed by atoms with E-state index in [1.165, 1.54) is 6.07 Å². The molecule has 0 spiro atoms. The van der Waals surface area contributed by atoms with E-state index in [0.717, 1.165) is 24.0 Å². The topological polar surface area (TPSA) is 26.0 Å². The van der Waals surface area contributed by atoms with Gasteiger partial charge < -0.3 is 5.73 Å². The van der Waals surface area contributed by atoms with Crippen molar-refractivity contribution < 1.29 is 4.39 Å². The molecule has 1 aromatic carbocycles. The molecule has 1 nitrogen and oxygen atoms in total. The van der Waals surface area contributed by atoms with E-state index in [9.17, 15) is 4.39 Å². The number of nitrogens with two attached hydrogens (primary N) is 1. The summed E-state index contributed by atoms with van der Waals surface area (Å²) in [5.74, 6) is -0.151. The van der Waals surface area contributed by atoms with Crippen LogP contribution < -0.4 is 5.73 Å². The van der Waals surface area contributed by atoms with Crippen LogP contribution in [-0.2, 0) is 6.42 Å². The Morgan fingerprint density at radius 1 is 1.21 bits per heavy atom. The summed E-state index contributed by atoms with van der Waals surface area (Å²) in [4.78, 5) is 0. The van der Waals surface area contributed by atoms with Gasteiger partial charge in [-0.3, -0.25) is 0 Å². The number of rotatable bonds is 3. The van der Waals surface area contributed by atoms with E-state index < -0.39 is 0 Å². The molecule has 0 aliphatic heterocycles. The molecule has 0 heterocycles. The van der Waals surface area contributed by atoms with Crippen LogP contribution in [0.5, 0.6) is 0 Å². The van der Waals surface area contributed by atoms with E-state index in [4.69, 9.17) is 5.73 Å². The van der Waals surface area contributed by atoms with E-state index >= 15 is 0 Å². The third-order valence-electron chi connectivity index (χ3n) is 1.77. The molecular weight excluding hydrogens is 177 g/mol. The summed E-state index contributed by atoms with van der Waals surface area (Å²) in [6, 6.07) is 5.10. The zero-order valence-corrected chi connectivity index (χ0v) is 9.31. The van der Waals surface area contributed by atoms with Crippen LogP contribution in [-0.4, -0.2) is 6.54 Å². The molecule has 0 aliphatic carbocycles. The monoisotopic (exact) mass is 197 g/mol. The summed E-state index contributed by atoms with van der Waals surface area (Å²) in [7, 11) is 0. The van der Waals surface area contributed by atoms with Crippen molar-refractivity contribution in [1.82, 2.24) is 0 Å². The highest BCUT2D eigenvalue weighted by molar-refractivity contribution is 5.23. The summed E-state index contributed by atoms with van der Waals surface area (Å²) < 4.78 is 12.8. The molecule has 1 rings (SSSR count). The molecule has 0 aliphatic rings. The summed E-state index contributed by atoms with van der Waals surface area (Å²) >= 11 is 0. The molecule has 0 fully saturated rings. The fourth-order valence-electron chi connectivity index (χ4n) is 1.26. The lowest BCUT2D eigenvalue weighted by Gasteiger charge is -2.01. The van der Waals surface area contributed by atoms with Gasteiger partial charge in [0.2, 0.25) is 0 Å². The lowest BCUT2D eigenvalue weighted by atomic mass is 10.1. The molecule has 80 valence electrons. The number of halogens is 1. The molecule has 0 radical (unpaired) electrons. The Morgan fingerprint density at radius 3 is 2.36 bits per heavy atom. The highest BCUT2D eigenvalue weighted by atomic mass is 19.1. The van der Waals surface area contributed by atoms with Crippen molar-refractivity contribution in [1.29, 1.82) is 0 Å². The first kappa shape index (κ1) is 13.1. The summed E-state index contributed by atoms with van der Waals surface area (Å²) in [5.41, 5.74) is 7.37. The lowest BCUT2D eigenvalue weighted by Crippen LogP contribution is -2.00. The largest absolute Gasteiger partial charge is 0.330 e. The first-order valence-corrected chi connectivity index (χ1v) is 5.18. The van der Waals surface area contributed by atoms with Crippen LogP contribution in [0.2, 0.25) is 0 Å².